The molecule has 1 fully saturated rings. The standard InChI is InChI=1S/C14H20ClN5O/c1-19-7-3-4-10(19)8-20-11(5-6-15)18-12-13(20)16-9-17-14(12)21-2/h9-10H,3-8H2,1-2H3. The molecule has 0 radical (unpaired) electrons. The average Bonchev–Trinajstić information content (AvgIpc) is 3.05. The molecule has 3 heterocycles. The van der Waals surface area contributed by atoms with Gasteiger partial charge in [-0.2, -0.15) is 4.98 Å². The van der Waals surface area contributed by atoms with Gasteiger partial charge in [-0.1, -0.05) is 0 Å². The number of aromatic nitrogens is 4. The van der Waals surface area contributed by atoms with E-state index >= 15 is 0 Å². The van der Waals surface area contributed by atoms with E-state index in [9.17, 15) is 0 Å². The van der Waals surface area contributed by atoms with Crippen LogP contribution in [0.4, 0.5) is 0 Å². The van der Waals surface area contributed by atoms with Gasteiger partial charge in [0.05, 0.1) is 7.11 Å². The first-order valence-corrected chi connectivity index (χ1v) is 7.78. The lowest BCUT2D eigenvalue weighted by atomic mass is 10.2. The number of hydrogen-bond acceptors (Lipinski definition) is 5. The van der Waals surface area contributed by atoms with Crippen LogP contribution in [0.25, 0.3) is 11.2 Å². The third-order valence-electron chi connectivity index (χ3n) is 4.15. The first-order chi connectivity index (χ1) is 10.2. The van der Waals surface area contributed by atoms with Crippen LogP contribution in [-0.4, -0.2) is 57.0 Å². The number of imidazole rings is 1. The second kappa shape index (κ2) is 6.15. The molecular weight excluding hydrogens is 290 g/mol. The summed E-state index contributed by atoms with van der Waals surface area (Å²) in [7, 11) is 3.78. The van der Waals surface area contributed by atoms with E-state index in [0.29, 0.717) is 17.8 Å². The number of nitrogens with zero attached hydrogens (tertiary/aromatic N) is 5. The van der Waals surface area contributed by atoms with Gasteiger partial charge >= 0.3 is 0 Å². The number of alkyl halides is 1. The van der Waals surface area contributed by atoms with Gasteiger partial charge in [0.2, 0.25) is 5.88 Å². The summed E-state index contributed by atoms with van der Waals surface area (Å²) in [5.41, 5.74) is 1.56. The van der Waals surface area contributed by atoms with Crippen molar-refractivity contribution in [2.24, 2.45) is 0 Å². The molecule has 1 unspecified atom stereocenters. The Hall–Kier alpha value is -1.40. The van der Waals surface area contributed by atoms with Crippen molar-refractivity contribution in [3.63, 3.8) is 0 Å². The fourth-order valence-electron chi connectivity index (χ4n) is 3.00. The molecular formula is C14H20ClN5O. The quantitative estimate of drug-likeness (QED) is 0.787. The van der Waals surface area contributed by atoms with E-state index in [2.05, 4.69) is 31.5 Å². The van der Waals surface area contributed by atoms with E-state index in [0.717, 1.165) is 36.5 Å². The maximum absolute atomic E-state index is 5.92. The van der Waals surface area contributed by atoms with Crippen molar-refractivity contribution in [1.82, 2.24) is 24.4 Å². The second-order valence-electron chi connectivity index (χ2n) is 5.41. The molecule has 0 spiro atoms. The molecule has 3 rings (SSSR count). The smallest absolute Gasteiger partial charge is 0.245 e. The maximum atomic E-state index is 5.92. The van der Waals surface area contributed by atoms with Crippen molar-refractivity contribution in [3.8, 4) is 5.88 Å². The number of ether oxygens (including phenoxy) is 1. The van der Waals surface area contributed by atoms with Crippen molar-refractivity contribution in [2.75, 3.05) is 26.6 Å². The molecule has 1 atom stereocenters. The van der Waals surface area contributed by atoms with E-state index in [-0.39, 0.29) is 0 Å². The van der Waals surface area contributed by atoms with E-state index in [1.54, 1.807) is 7.11 Å². The molecule has 0 aliphatic carbocycles. The largest absolute Gasteiger partial charge is 0.479 e. The van der Waals surface area contributed by atoms with Gasteiger partial charge in [-0.15, -0.1) is 11.6 Å². The monoisotopic (exact) mass is 309 g/mol. The fourth-order valence-corrected chi connectivity index (χ4v) is 3.17. The van der Waals surface area contributed by atoms with Crippen LogP contribution in [0.2, 0.25) is 0 Å². The molecule has 0 bridgehead atoms. The molecule has 1 saturated heterocycles. The summed E-state index contributed by atoms with van der Waals surface area (Å²) >= 11 is 5.92. The van der Waals surface area contributed by atoms with Gasteiger partial charge in [-0.25, -0.2) is 9.97 Å². The Morgan fingerprint density at radius 3 is 2.95 bits per heavy atom. The van der Waals surface area contributed by atoms with Crippen LogP contribution < -0.4 is 4.74 Å². The van der Waals surface area contributed by atoms with E-state index < -0.39 is 0 Å². The van der Waals surface area contributed by atoms with Gasteiger partial charge in [0.15, 0.2) is 11.2 Å². The fraction of sp³-hybridized carbons (Fsp3) is 0.643. The van der Waals surface area contributed by atoms with Crippen LogP contribution in [-0.2, 0) is 13.0 Å². The molecule has 6 nitrogen and oxygen atoms in total. The van der Waals surface area contributed by atoms with Crippen molar-refractivity contribution in [1.29, 1.82) is 0 Å². The molecule has 2 aromatic heterocycles. The Morgan fingerprint density at radius 2 is 2.29 bits per heavy atom. The minimum Gasteiger partial charge on any atom is -0.479 e. The molecule has 0 N–H and O–H groups in total. The Morgan fingerprint density at radius 1 is 1.43 bits per heavy atom. The molecule has 1 aliphatic heterocycles. The first kappa shape index (κ1) is 14.5. The van der Waals surface area contributed by atoms with Gasteiger partial charge in [-0.3, -0.25) is 0 Å². The van der Waals surface area contributed by atoms with Crippen molar-refractivity contribution >= 4 is 22.8 Å². The number of likely N-dealkylation sites (tertiary alicyclic amines) is 1. The number of aryl methyl sites for hydroxylation is 1. The summed E-state index contributed by atoms with van der Waals surface area (Å²) in [6.07, 6.45) is 4.70. The van der Waals surface area contributed by atoms with Gasteiger partial charge in [-0.05, 0) is 26.4 Å². The zero-order valence-electron chi connectivity index (χ0n) is 12.4. The van der Waals surface area contributed by atoms with Crippen LogP contribution >= 0.6 is 11.6 Å². The lowest BCUT2D eigenvalue weighted by Crippen LogP contribution is -2.30. The lowest BCUT2D eigenvalue weighted by Gasteiger charge is -2.21. The lowest BCUT2D eigenvalue weighted by molar-refractivity contribution is 0.282. The van der Waals surface area contributed by atoms with Crippen LogP contribution in [0, 0.1) is 0 Å². The predicted molar refractivity (Wildman–Crippen MR) is 82.0 cm³/mol. The summed E-state index contributed by atoms with van der Waals surface area (Å²) in [4.78, 5) is 15.6. The number of rotatable bonds is 5. The maximum Gasteiger partial charge on any atom is 0.245 e. The van der Waals surface area contributed by atoms with Crippen LogP contribution in [0.5, 0.6) is 5.88 Å². The minimum atomic E-state index is 0.523. The van der Waals surface area contributed by atoms with E-state index in [1.807, 2.05) is 0 Å². The van der Waals surface area contributed by atoms with Crippen molar-refractivity contribution in [3.05, 3.63) is 12.2 Å². The molecule has 1 aliphatic rings. The summed E-state index contributed by atoms with van der Waals surface area (Å²) in [5, 5.41) is 0. The molecule has 7 heteroatoms. The summed E-state index contributed by atoms with van der Waals surface area (Å²) in [5.74, 6) is 2.02. The molecule has 0 amide bonds. The molecule has 2 aromatic rings. The zero-order valence-corrected chi connectivity index (χ0v) is 13.2. The summed E-state index contributed by atoms with van der Waals surface area (Å²) < 4.78 is 7.47. The highest BCUT2D eigenvalue weighted by atomic mass is 35.5. The van der Waals surface area contributed by atoms with E-state index in [4.69, 9.17) is 16.3 Å². The number of halogens is 1. The van der Waals surface area contributed by atoms with Gasteiger partial charge in [0, 0.05) is 24.9 Å². The highest BCUT2D eigenvalue weighted by molar-refractivity contribution is 6.17. The Bertz CT molecular complexity index is 629. The predicted octanol–water partition coefficient (Wildman–Crippen LogP) is 1.71. The minimum absolute atomic E-state index is 0.523. The van der Waals surface area contributed by atoms with Crippen LogP contribution in [0.1, 0.15) is 18.7 Å². The molecule has 114 valence electrons. The second-order valence-corrected chi connectivity index (χ2v) is 5.79. The summed E-state index contributed by atoms with van der Waals surface area (Å²) in [6, 6.07) is 0.525. The van der Waals surface area contributed by atoms with Crippen LogP contribution in [0.3, 0.4) is 0 Å². The number of hydrogen-bond donors (Lipinski definition) is 0. The molecule has 0 saturated carbocycles. The van der Waals surface area contributed by atoms with Crippen molar-refractivity contribution in [2.45, 2.75) is 31.8 Å². The Balaban J connectivity index is 2.03. The average molecular weight is 310 g/mol. The number of fused-ring (bicyclic) bond motifs is 1. The first-order valence-electron chi connectivity index (χ1n) is 7.25. The molecule has 21 heavy (non-hydrogen) atoms. The topological polar surface area (TPSA) is 56.1 Å². The van der Waals surface area contributed by atoms with Gasteiger partial charge in [0.1, 0.15) is 12.2 Å². The van der Waals surface area contributed by atoms with Crippen LogP contribution in [0.15, 0.2) is 6.33 Å². The SMILES string of the molecule is COc1ncnc2c1nc(CCCl)n2CC1CCCN1C. The highest BCUT2D eigenvalue weighted by Gasteiger charge is 2.24. The Labute approximate surface area is 129 Å². The normalized spacial score (nSPS) is 19.5. The number of likely N-dealkylation sites (N-methyl/N-ethyl adjacent to an activating group) is 1. The summed E-state index contributed by atoms with van der Waals surface area (Å²) in [6.45, 7) is 2.04. The van der Waals surface area contributed by atoms with Gasteiger partial charge in [0.25, 0.3) is 0 Å². The molecule has 0 aromatic carbocycles. The number of methoxy groups -OCH3 is 1. The van der Waals surface area contributed by atoms with Gasteiger partial charge < -0.3 is 14.2 Å². The van der Waals surface area contributed by atoms with E-state index in [1.165, 1.54) is 19.2 Å². The zero-order chi connectivity index (χ0) is 14.8. The van der Waals surface area contributed by atoms with Crippen molar-refractivity contribution < 1.29 is 4.74 Å². The Kier molecular flexibility index (Phi) is 4.26. The third-order valence-corrected chi connectivity index (χ3v) is 4.34. The highest BCUT2D eigenvalue weighted by Crippen LogP contribution is 2.25. The third kappa shape index (κ3) is 2.70.